The van der Waals surface area contributed by atoms with Crippen molar-refractivity contribution in [2.75, 3.05) is 53.0 Å². The second-order valence-electron chi connectivity index (χ2n) is 26.5. The molecule has 4 aliphatic rings. The zero-order chi connectivity index (χ0) is 74.5. The van der Waals surface area contributed by atoms with Gasteiger partial charge in [-0.15, -0.1) is 11.3 Å². The quantitative estimate of drug-likeness (QED) is 0.0431. The predicted molar refractivity (Wildman–Crippen MR) is 378 cm³/mol. The third kappa shape index (κ3) is 18.5. The number of alkyl carbamates (subject to hydrolysis) is 1. The maximum Gasteiger partial charge on any atom is 0.407 e. The summed E-state index contributed by atoms with van der Waals surface area (Å²) >= 11 is 1.40. The number of β-amino-alcohol motifs (C(OH)–C–C–N with tert-alkyl or cyclic N) is 1. The lowest BCUT2D eigenvalue weighted by atomic mass is 9.98. The summed E-state index contributed by atoms with van der Waals surface area (Å²) in [5.41, 5.74) is 5.56. The van der Waals surface area contributed by atoms with Crippen molar-refractivity contribution in [3.63, 3.8) is 0 Å². The van der Waals surface area contributed by atoms with Crippen LogP contribution in [-0.2, 0) is 44.7 Å². The smallest absolute Gasteiger partial charge is 0.407 e. The number of carbonyl (C=O) groups is 9. The van der Waals surface area contributed by atoms with Crippen LogP contribution in [0.3, 0.4) is 0 Å². The molecule has 5 aromatic carbocycles. The number of fused-ring (bicyclic) bond motifs is 5. The lowest BCUT2D eigenvalue weighted by molar-refractivity contribution is -0.147. The molecule has 10 rings (SSSR count). The molecule has 4 heterocycles. The highest BCUT2D eigenvalue weighted by Crippen LogP contribution is 2.45. The van der Waals surface area contributed by atoms with Crippen LogP contribution in [0.2, 0.25) is 0 Å². The summed E-state index contributed by atoms with van der Waals surface area (Å²) in [6.45, 7) is 2.67. The zero-order valence-electron chi connectivity index (χ0n) is 57.8. The van der Waals surface area contributed by atoms with Gasteiger partial charge in [0.15, 0.2) is 18.1 Å². The van der Waals surface area contributed by atoms with E-state index in [9.17, 15) is 69.3 Å². The fourth-order valence-corrected chi connectivity index (χ4v) is 14.2. The van der Waals surface area contributed by atoms with E-state index in [1.54, 1.807) is 18.3 Å². The Labute approximate surface area is 603 Å². The average molecular weight is 1450 g/mol. The van der Waals surface area contributed by atoms with Crippen LogP contribution in [0.5, 0.6) is 17.2 Å². The summed E-state index contributed by atoms with van der Waals surface area (Å²) in [7, 11) is 1.35. The summed E-state index contributed by atoms with van der Waals surface area (Å²) in [6, 6.07) is 21.4. The molecule has 554 valence electrons. The predicted octanol–water partition coefficient (Wildman–Crippen LogP) is 1.75. The van der Waals surface area contributed by atoms with Crippen LogP contribution in [-0.4, -0.2) is 230 Å². The molecule has 0 saturated carbocycles. The summed E-state index contributed by atoms with van der Waals surface area (Å²) in [5, 5.41) is 99.0. The first-order chi connectivity index (χ1) is 49.9. The van der Waals surface area contributed by atoms with Crippen LogP contribution in [0, 0.1) is 5.92 Å². The Morgan fingerprint density at radius 3 is 2.07 bits per heavy atom. The van der Waals surface area contributed by atoms with E-state index in [2.05, 4.69) is 49.1 Å². The number of aliphatic hydroxyl groups is 6. The SMILES string of the molecule is CCCCCOc1ccc(-c2ncc(-c3ccc(C(=O)NC4C[C@@H](O)CNC(=O)[C@@H]5[C@@H](O)[C@@H](C)CN5C(=O)[C@H]([C@H](O)CCNC(=O)OCC5c6ccccc6-c6ccccc65)NC(=O)[C@H]([C@H](O)Cc5ccc(O)c(OCC(=O)NC)c5)NC(=O)[C@@H]5C[C@@H](O)CN5C(=O)[C@H]([C@@H](C)O)NC4=O)cc3)s2)cc1. The number of likely N-dealkylation sites (N-methyl/N-ethyl adjacent to an activating group) is 1. The molecule has 104 heavy (non-hydrogen) atoms. The van der Waals surface area contributed by atoms with Gasteiger partial charge in [-0.2, -0.15) is 0 Å². The summed E-state index contributed by atoms with van der Waals surface area (Å²) in [4.78, 5) is 136. The standard InChI is InChI=1S/C74H88N10O19S/c1-5-6-11-28-101-47-23-21-44(22-24-47)71-78-34-59(104-71)42-17-19-43(20-18-42)66(93)79-53-31-45(86)33-77-70(97)64-65(92)39(2)35-84(64)73(99)63(56(89)26-27-76-74(100)103-37-52-50-14-9-7-12-48(50)49-13-8-10-15-51(49)52)82-69(96)62(57(90)29-41-16-25-55(88)58(30-41)102-38-60(91)75-4)81-68(95)54-32-46(87)36-83(54)72(98)61(40(3)85)80-67(53)94/h7-10,12-25,30,34,39-40,45-46,52-54,56-57,61-65,85-90,92H,5-6,11,26-29,31-33,35-38H2,1-4H3,(H,75,91)(H,76,100)(H,77,97)(H,79,93)(H,80,94)(H,81,95)(H,82,96)/t39-,40+,45+,46+,53?,54-,56+,57+,61-,62-,63-,64-,65-/m0/s1. The average Bonchev–Trinajstić information content (AvgIpc) is 1.61. The van der Waals surface area contributed by atoms with Crippen LogP contribution in [0.15, 0.2) is 121 Å². The van der Waals surface area contributed by atoms with Crippen LogP contribution in [0.1, 0.15) is 92.3 Å². The third-order valence-electron chi connectivity index (χ3n) is 19.0. The fraction of sp³-hybridized carbons (Fsp3) is 0.432. The number of aliphatic hydroxyl groups excluding tert-OH is 6. The number of rotatable bonds is 22. The topological polar surface area (TPSA) is 427 Å². The molecule has 30 heteroatoms. The molecule has 1 unspecified atom stereocenters. The molecule has 3 fully saturated rings. The molecule has 6 aromatic rings. The van der Waals surface area contributed by atoms with Crippen LogP contribution in [0.4, 0.5) is 4.79 Å². The fourth-order valence-electron chi connectivity index (χ4n) is 13.2. The monoisotopic (exact) mass is 1450 g/mol. The molecule has 1 aliphatic carbocycles. The first-order valence-electron chi connectivity index (χ1n) is 34.6. The number of thiazole rings is 1. The molecule has 13 atom stereocenters. The van der Waals surface area contributed by atoms with E-state index in [1.165, 1.54) is 49.6 Å². The van der Waals surface area contributed by atoms with Gasteiger partial charge in [-0.3, -0.25) is 38.4 Å². The number of hydrogen-bond donors (Lipinski definition) is 14. The number of phenols is 1. The van der Waals surface area contributed by atoms with E-state index >= 15 is 9.59 Å². The summed E-state index contributed by atoms with van der Waals surface area (Å²) in [6.07, 6.45) is -9.01. The molecule has 3 saturated heterocycles. The Bertz CT molecular complexity index is 4020. The summed E-state index contributed by atoms with van der Waals surface area (Å²) in [5.74, 6) is -9.64. The number of hydrogen-bond acceptors (Lipinski definition) is 21. The van der Waals surface area contributed by atoms with Crippen molar-refractivity contribution >= 4 is 64.7 Å². The molecule has 0 spiro atoms. The van der Waals surface area contributed by atoms with E-state index < -0.39 is 190 Å². The largest absolute Gasteiger partial charge is 0.504 e. The molecule has 9 amide bonds. The Hall–Kier alpha value is -10.1. The van der Waals surface area contributed by atoms with Gasteiger partial charge in [0.25, 0.3) is 11.8 Å². The van der Waals surface area contributed by atoms with Crippen molar-refractivity contribution in [2.45, 2.75) is 145 Å². The van der Waals surface area contributed by atoms with Crippen molar-refractivity contribution in [1.29, 1.82) is 0 Å². The first kappa shape index (κ1) is 76.6. The Balaban J connectivity index is 0.925. The number of carbonyl (C=O) groups excluding carboxylic acids is 9. The van der Waals surface area contributed by atoms with Gasteiger partial charge in [0.1, 0.15) is 53.6 Å². The van der Waals surface area contributed by atoms with Gasteiger partial charge >= 0.3 is 6.09 Å². The number of aromatic hydroxyl groups is 1. The Morgan fingerprint density at radius 1 is 0.721 bits per heavy atom. The van der Waals surface area contributed by atoms with Gasteiger partial charge in [0, 0.05) is 81.6 Å². The molecule has 14 N–H and O–H groups in total. The Morgan fingerprint density at radius 2 is 1.38 bits per heavy atom. The lowest BCUT2D eigenvalue weighted by Gasteiger charge is -2.34. The minimum absolute atomic E-state index is 0.0366. The number of amides is 9. The normalized spacial score (nSPS) is 23.4. The zero-order valence-corrected chi connectivity index (χ0v) is 58.6. The maximum absolute atomic E-state index is 15.3. The second-order valence-corrected chi connectivity index (χ2v) is 27.5. The van der Waals surface area contributed by atoms with E-state index in [1.807, 2.05) is 72.8 Å². The van der Waals surface area contributed by atoms with Crippen molar-refractivity contribution in [1.82, 2.24) is 52.0 Å². The minimum Gasteiger partial charge on any atom is -0.504 e. The van der Waals surface area contributed by atoms with Gasteiger partial charge in [-0.1, -0.05) is 93.4 Å². The van der Waals surface area contributed by atoms with E-state index in [-0.39, 0.29) is 35.9 Å². The van der Waals surface area contributed by atoms with Crippen LogP contribution in [0.25, 0.3) is 32.1 Å². The number of benzene rings is 5. The van der Waals surface area contributed by atoms with Gasteiger partial charge in [-0.05, 0) is 102 Å². The molecule has 29 nitrogen and oxygen atoms in total. The van der Waals surface area contributed by atoms with Gasteiger partial charge in [0.05, 0.1) is 48.1 Å². The van der Waals surface area contributed by atoms with Gasteiger partial charge < -0.3 is 97.0 Å². The lowest BCUT2D eigenvalue weighted by Crippen LogP contribution is -2.64. The highest BCUT2D eigenvalue weighted by atomic mass is 32.1. The number of nitrogens with one attached hydrogen (secondary N) is 7. The number of unbranched alkanes of at least 4 members (excludes halogenated alkanes) is 2. The Kier molecular flexibility index (Phi) is 25.7. The number of phenolic OH excluding ortho intramolecular Hbond substituents is 1. The molecule has 1 aromatic heterocycles. The highest BCUT2D eigenvalue weighted by molar-refractivity contribution is 7.18. The van der Waals surface area contributed by atoms with E-state index in [0.29, 0.717) is 12.2 Å². The maximum atomic E-state index is 15.3. The minimum atomic E-state index is -2.18. The number of ether oxygens (including phenoxy) is 3. The van der Waals surface area contributed by atoms with Crippen LogP contribution >= 0.6 is 11.3 Å². The van der Waals surface area contributed by atoms with Crippen molar-refractivity contribution < 1.29 is 93.1 Å². The van der Waals surface area contributed by atoms with Crippen molar-refractivity contribution in [3.05, 3.63) is 144 Å². The van der Waals surface area contributed by atoms with Crippen molar-refractivity contribution in [2.24, 2.45) is 5.92 Å². The number of aromatic nitrogens is 1. The van der Waals surface area contributed by atoms with E-state index in [0.717, 1.165) is 85.5 Å². The molecule has 3 aliphatic heterocycles. The van der Waals surface area contributed by atoms with Gasteiger partial charge in [0.2, 0.25) is 35.4 Å². The molecule has 0 radical (unpaired) electrons. The molecular weight excluding hydrogens is 1360 g/mol. The van der Waals surface area contributed by atoms with E-state index in [4.69, 9.17) is 14.2 Å². The highest BCUT2D eigenvalue weighted by Gasteiger charge is 2.50. The first-order valence-corrected chi connectivity index (χ1v) is 35.5. The molecular formula is C74H88N10O19S. The second kappa shape index (κ2) is 34.9. The van der Waals surface area contributed by atoms with Crippen molar-refractivity contribution in [3.8, 4) is 49.4 Å². The van der Waals surface area contributed by atoms with Crippen LogP contribution < -0.4 is 46.7 Å². The summed E-state index contributed by atoms with van der Waals surface area (Å²) < 4.78 is 17.0. The number of nitrogens with zero attached hydrogens (tertiary/aromatic N) is 3. The third-order valence-corrected chi connectivity index (χ3v) is 20.1. The van der Waals surface area contributed by atoms with Gasteiger partial charge in [-0.25, -0.2) is 9.78 Å². The molecule has 0 bridgehead atoms.